The maximum atomic E-state index is 12.9. The first-order valence-corrected chi connectivity index (χ1v) is 13.6. The number of carbonyl (C=O) groups is 1. The first-order valence-electron chi connectivity index (χ1n) is 11.8. The van der Waals surface area contributed by atoms with Crippen LogP contribution < -0.4 is 16.1 Å². The predicted molar refractivity (Wildman–Crippen MR) is 143 cm³/mol. The van der Waals surface area contributed by atoms with Crippen molar-refractivity contribution in [3.05, 3.63) is 69.3 Å². The summed E-state index contributed by atoms with van der Waals surface area (Å²) < 4.78 is 10.6. The molecule has 0 unspecified atom stereocenters. The summed E-state index contributed by atoms with van der Waals surface area (Å²) in [5.74, 6) is 1.44. The van der Waals surface area contributed by atoms with Gasteiger partial charge < -0.3 is 18.8 Å². The number of rotatable bonds is 6. The number of aryl methyl sites for hydroxylation is 2. The van der Waals surface area contributed by atoms with E-state index in [1.165, 1.54) is 10.8 Å². The number of thiazole rings is 1. The molecule has 0 atom stereocenters. The van der Waals surface area contributed by atoms with Crippen molar-refractivity contribution < 1.29 is 9.21 Å². The lowest BCUT2D eigenvalue weighted by Gasteiger charge is -2.35. The minimum absolute atomic E-state index is 0.149. The van der Waals surface area contributed by atoms with Gasteiger partial charge in [-0.2, -0.15) is 4.98 Å². The summed E-state index contributed by atoms with van der Waals surface area (Å²) in [6, 6.07) is 11.4. The highest BCUT2D eigenvalue weighted by molar-refractivity contribution is 8.01. The van der Waals surface area contributed by atoms with E-state index in [1.54, 1.807) is 47.2 Å². The van der Waals surface area contributed by atoms with Crippen LogP contribution in [0, 0.1) is 0 Å². The number of para-hydroxylation sites is 1. The Kier molecular flexibility index (Phi) is 6.08. The number of piperazine rings is 1. The number of H-pyrrole nitrogens is 1. The largest absolute Gasteiger partial charge is 0.459 e. The Morgan fingerprint density at radius 2 is 1.92 bits per heavy atom. The van der Waals surface area contributed by atoms with Gasteiger partial charge in [-0.3, -0.25) is 19.1 Å². The molecule has 1 amide bonds. The first kappa shape index (κ1) is 23.6. The molecule has 1 fully saturated rings. The van der Waals surface area contributed by atoms with Gasteiger partial charge in [-0.25, -0.2) is 9.78 Å². The molecule has 6 rings (SSSR count). The van der Waals surface area contributed by atoms with Gasteiger partial charge >= 0.3 is 5.69 Å². The van der Waals surface area contributed by atoms with Crippen LogP contribution >= 0.6 is 23.1 Å². The second-order valence-corrected chi connectivity index (χ2v) is 11.0. The van der Waals surface area contributed by atoms with Crippen molar-refractivity contribution in [3.8, 4) is 0 Å². The number of fused-ring (bicyclic) bond motifs is 2. The van der Waals surface area contributed by atoms with Crippen molar-refractivity contribution in [2.75, 3.05) is 36.8 Å². The number of nitrogens with zero attached hydrogens (tertiary/aromatic N) is 6. The van der Waals surface area contributed by atoms with Crippen LogP contribution in [0.5, 0.6) is 0 Å². The number of hydrogen-bond donors (Lipinski definition) is 1. The average molecular weight is 538 g/mol. The Labute approximate surface area is 218 Å². The van der Waals surface area contributed by atoms with Crippen molar-refractivity contribution in [1.29, 1.82) is 0 Å². The molecule has 0 radical (unpaired) electrons. The van der Waals surface area contributed by atoms with Crippen molar-refractivity contribution >= 4 is 56.3 Å². The third kappa shape index (κ3) is 4.33. The molecule has 5 heterocycles. The van der Waals surface area contributed by atoms with Crippen LogP contribution in [-0.2, 0) is 13.6 Å². The molecule has 1 aliphatic rings. The lowest BCUT2D eigenvalue weighted by molar-refractivity contribution is 0.0714. The standard InChI is InChI=1S/C24H23N7O4S2/c1-28-19-18(20(32)27-23(28)34)31(12-14-36-24-25-15-5-2-3-7-17(15)37-24)22(26-19)30-10-8-29(9-11-30)21(33)16-6-4-13-35-16/h2-7,13H,8-12,14H2,1H3,(H,27,32,34). The zero-order valence-corrected chi connectivity index (χ0v) is 21.5. The Bertz CT molecular complexity index is 1680. The fourth-order valence-corrected chi connectivity index (χ4v) is 6.54. The van der Waals surface area contributed by atoms with E-state index in [2.05, 4.69) is 20.9 Å². The maximum absolute atomic E-state index is 12.9. The van der Waals surface area contributed by atoms with E-state index in [0.29, 0.717) is 61.3 Å². The maximum Gasteiger partial charge on any atom is 0.329 e. The second-order valence-electron chi connectivity index (χ2n) is 8.61. The van der Waals surface area contributed by atoms with Gasteiger partial charge in [0.05, 0.1) is 16.5 Å². The molecule has 1 aromatic carbocycles. The van der Waals surface area contributed by atoms with E-state index >= 15 is 0 Å². The molecule has 4 aromatic heterocycles. The summed E-state index contributed by atoms with van der Waals surface area (Å²) in [6.07, 6.45) is 1.49. The number of furan rings is 1. The molecule has 0 saturated carbocycles. The second kappa shape index (κ2) is 9.56. The summed E-state index contributed by atoms with van der Waals surface area (Å²) >= 11 is 3.26. The normalized spacial score (nSPS) is 14.2. The van der Waals surface area contributed by atoms with Crippen LogP contribution in [-0.4, -0.2) is 66.8 Å². The highest BCUT2D eigenvalue weighted by atomic mass is 32.2. The quantitative estimate of drug-likeness (QED) is 0.328. The highest BCUT2D eigenvalue weighted by Crippen LogP contribution is 2.30. The molecule has 13 heteroatoms. The van der Waals surface area contributed by atoms with Crippen molar-refractivity contribution in [2.45, 2.75) is 10.9 Å². The first-order chi connectivity index (χ1) is 18.0. The van der Waals surface area contributed by atoms with Gasteiger partial charge in [-0.05, 0) is 24.3 Å². The van der Waals surface area contributed by atoms with E-state index < -0.39 is 11.2 Å². The van der Waals surface area contributed by atoms with Gasteiger partial charge in [0, 0.05) is 45.5 Å². The topological polar surface area (TPSA) is 122 Å². The number of thioether (sulfide) groups is 1. The van der Waals surface area contributed by atoms with E-state index in [-0.39, 0.29) is 5.91 Å². The lowest BCUT2D eigenvalue weighted by Crippen LogP contribution is -2.49. The van der Waals surface area contributed by atoms with E-state index in [1.807, 2.05) is 22.8 Å². The van der Waals surface area contributed by atoms with Crippen LogP contribution in [0.3, 0.4) is 0 Å². The predicted octanol–water partition coefficient (Wildman–Crippen LogP) is 2.38. The van der Waals surface area contributed by atoms with E-state index in [0.717, 1.165) is 14.6 Å². The molecule has 0 spiro atoms. The minimum Gasteiger partial charge on any atom is -0.459 e. The summed E-state index contributed by atoms with van der Waals surface area (Å²) in [4.78, 5) is 53.4. The molecule has 190 valence electrons. The third-order valence-corrected chi connectivity index (χ3v) is 8.54. The van der Waals surface area contributed by atoms with Crippen LogP contribution in [0.1, 0.15) is 10.6 Å². The summed E-state index contributed by atoms with van der Waals surface area (Å²) in [6.45, 7) is 2.54. The monoisotopic (exact) mass is 537 g/mol. The SMILES string of the molecule is Cn1c(=O)[nH]c(=O)c2c1nc(N1CCN(C(=O)c3ccco3)CC1)n2CCSc1nc2ccccc2s1. The Hall–Kier alpha value is -3.84. The van der Waals surface area contributed by atoms with Gasteiger partial charge in [-0.15, -0.1) is 11.3 Å². The molecule has 37 heavy (non-hydrogen) atoms. The molecule has 1 N–H and O–H groups in total. The zero-order chi connectivity index (χ0) is 25.5. The molecule has 1 saturated heterocycles. The molecule has 0 bridgehead atoms. The number of benzene rings is 1. The highest BCUT2D eigenvalue weighted by Gasteiger charge is 2.28. The van der Waals surface area contributed by atoms with Crippen LogP contribution in [0.4, 0.5) is 5.95 Å². The number of aromatic amines is 1. The lowest BCUT2D eigenvalue weighted by atomic mass is 10.3. The molecular weight excluding hydrogens is 514 g/mol. The number of anilines is 1. The van der Waals surface area contributed by atoms with Crippen molar-refractivity contribution in [1.82, 2.24) is 29.0 Å². The molecule has 1 aliphatic heterocycles. The number of carbonyl (C=O) groups excluding carboxylic acids is 1. The van der Waals surface area contributed by atoms with Crippen LogP contribution in [0.2, 0.25) is 0 Å². The van der Waals surface area contributed by atoms with Gasteiger partial charge in [0.25, 0.3) is 11.5 Å². The zero-order valence-electron chi connectivity index (χ0n) is 19.9. The summed E-state index contributed by atoms with van der Waals surface area (Å²) in [5.41, 5.74) is 0.691. The third-order valence-electron chi connectivity index (χ3n) is 6.38. The van der Waals surface area contributed by atoms with Crippen LogP contribution in [0.25, 0.3) is 21.4 Å². The number of imidazole rings is 1. The molecular formula is C24H23N7O4S2. The Morgan fingerprint density at radius 1 is 1.11 bits per heavy atom. The van der Waals surface area contributed by atoms with Crippen molar-refractivity contribution in [3.63, 3.8) is 0 Å². The van der Waals surface area contributed by atoms with E-state index in [4.69, 9.17) is 9.40 Å². The minimum atomic E-state index is -0.508. The number of aromatic nitrogens is 5. The number of nitrogens with one attached hydrogen (secondary N) is 1. The van der Waals surface area contributed by atoms with Gasteiger partial charge in [0.15, 0.2) is 21.3 Å². The molecule has 0 aliphatic carbocycles. The summed E-state index contributed by atoms with van der Waals surface area (Å²) in [5, 5.41) is 0. The van der Waals surface area contributed by atoms with Gasteiger partial charge in [0.1, 0.15) is 0 Å². The fraction of sp³-hybridized carbons (Fsp3) is 0.292. The molecule has 5 aromatic rings. The van der Waals surface area contributed by atoms with E-state index in [9.17, 15) is 14.4 Å². The van der Waals surface area contributed by atoms with Gasteiger partial charge in [-0.1, -0.05) is 23.9 Å². The smallest absolute Gasteiger partial charge is 0.329 e. The Balaban J connectivity index is 1.26. The van der Waals surface area contributed by atoms with Crippen LogP contribution in [0.15, 0.2) is 61.0 Å². The number of amides is 1. The fourth-order valence-electron chi connectivity index (χ4n) is 4.48. The molecule has 11 nitrogen and oxygen atoms in total. The van der Waals surface area contributed by atoms with Crippen molar-refractivity contribution in [2.24, 2.45) is 7.05 Å². The summed E-state index contributed by atoms with van der Waals surface area (Å²) in [7, 11) is 1.59. The van der Waals surface area contributed by atoms with Gasteiger partial charge in [0.2, 0.25) is 5.95 Å². The average Bonchev–Trinajstić information content (AvgIpc) is 3.66. The Morgan fingerprint density at radius 3 is 2.68 bits per heavy atom. The number of hydrogen-bond acceptors (Lipinski definition) is 9.